The Labute approximate surface area is 147 Å². The largest absolute Gasteiger partial charge is 0.337 e. The van der Waals surface area contributed by atoms with Crippen LogP contribution >= 0.6 is 0 Å². The number of piperazine rings is 1. The van der Waals surface area contributed by atoms with Crippen molar-refractivity contribution in [3.8, 4) is 0 Å². The number of hydrogen-bond acceptors (Lipinski definition) is 3. The van der Waals surface area contributed by atoms with E-state index in [1.807, 2.05) is 4.90 Å². The molecule has 0 atom stereocenters. The summed E-state index contributed by atoms with van der Waals surface area (Å²) in [5, 5.41) is 0. The highest BCUT2D eigenvalue weighted by molar-refractivity contribution is 5.78. The lowest BCUT2D eigenvalue weighted by atomic mass is 10.1. The number of rotatable bonds is 6. The molecule has 0 bridgehead atoms. The lowest BCUT2D eigenvalue weighted by Crippen LogP contribution is -2.52. The molecule has 1 aromatic rings. The van der Waals surface area contributed by atoms with E-state index in [1.165, 1.54) is 11.1 Å². The Bertz CT molecular complexity index is 525. The Morgan fingerprint density at radius 2 is 1.62 bits per heavy atom. The first-order chi connectivity index (χ1) is 11.4. The summed E-state index contributed by atoms with van der Waals surface area (Å²) in [7, 11) is 0. The molecule has 1 aliphatic rings. The maximum Gasteiger partial charge on any atom is 0.237 e. The van der Waals surface area contributed by atoms with Gasteiger partial charge in [-0.1, -0.05) is 29.8 Å². The summed E-state index contributed by atoms with van der Waals surface area (Å²) in [5.41, 5.74) is 2.70. The van der Waals surface area contributed by atoms with Gasteiger partial charge in [-0.3, -0.25) is 14.6 Å². The van der Waals surface area contributed by atoms with Gasteiger partial charge in [0.1, 0.15) is 0 Å². The fourth-order valence-electron chi connectivity index (χ4n) is 3.62. The predicted molar refractivity (Wildman–Crippen MR) is 100 cm³/mol. The van der Waals surface area contributed by atoms with E-state index in [-0.39, 0.29) is 18.0 Å². The molecule has 0 aromatic heterocycles. The summed E-state index contributed by atoms with van der Waals surface area (Å²) < 4.78 is 0. The molecule has 134 valence electrons. The van der Waals surface area contributed by atoms with Crippen LogP contribution in [0.2, 0.25) is 0 Å². The summed E-state index contributed by atoms with van der Waals surface area (Å²) >= 11 is 0. The monoisotopic (exact) mass is 331 g/mol. The Kier molecular flexibility index (Phi) is 6.81. The standard InChI is InChI=1S/C20H33N3O/c1-16(2)23(17(3)4)20(24)15-22-11-9-21(10-12-22)14-19-8-6-7-18(5)13-19/h6-8,13,16-17H,9-12,14-15H2,1-5H3. The molecular weight excluding hydrogens is 298 g/mol. The Morgan fingerprint density at radius 1 is 1.04 bits per heavy atom. The molecule has 24 heavy (non-hydrogen) atoms. The van der Waals surface area contributed by atoms with Crippen molar-refractivity contribution in [3.05, 3.63) is 35.4 Å². The number of benzene rings is 1. The summed E-state index contributed by atoms with van der Waals surface area (Å²) in [6, 6.07) is 9.26. The number of amides is 1. The lowest BCUT2D eigenvalue weighted by molar-refractivity contribution is -0.136. The van der Waals surface area contributed by atoms with Gasteiger partial charge >= 0.3 is 0 Å². The van der Waals surface area contributed by atoms with Crippen LogP contribution in [0.25, 0.3) is 0 Å². The van der Waals surface area contributed by atoms with Crippen LogP contribution in [0.15, 0.2) is 24.3 Å². The van der Waals surface area contributed by atoms with Gasteiger partial charge in [0.25, 0.3) is 0 Å². The SMILES string of the molecule is Cc1cccc(CN2CCN(CC(=O)N(C(C)C)C(C)C)CC2)c1. The van der Waals surface area contributed by atoms with Crippen molar-refractivity contribution in [2.45, 2.75) is 53.2 Å². The number of hydrogen-bond donors (Lipinski definition) is 0. The molecule has 2 rings (SSSR count). The van der Waals surface area contributed by atoms with Crippen LogP contribution in [0.3, 0.4) is 0 Å². The number of nitrogens with zero attached hydrogens (tertiary/aromatic N) is 3. The predicted octanol–water partition coefficient (Wildman–Crippen LogP) is 2.76. The van der Waals surface area contributed by atoms with E-state index in [0.29, 0.717) is 6.54 Å². The highest BCUT2D eigenvalue weighted by atomic mass is 16.2. The average Bonchev–Trinajstić information content (AvgIpc) is 2.48. The van der Waals surface area contributed by atoms with E-state index < -0.39 is 0 Å². The molecular formula is C20H33N3O. The topological polar surface area (TPSA) is 26.8 Å². The maximum atomic E-state index is 12.6. The van der Waals surface area contributed by atoms with Gasteiger partial charge in [-0.05, 0) is 40.2 Å². The van der Waals surface area contributed by atoms with Crippen LogP contribution in [0.4, 0.5) is 0 Å². The fourth-order valence-corrected chi connectivity index (χ4v) is 3.62. The van der Waals surface area contributed by atoms with Crippen LogP contribution in [0, 0.1) is 6.92 Å². The molecule has 1 aliphatic heterocycles. The fraction of sp³-hybridized carbons (Fsp3) is 0.650. The second-order valence-electron chi connectivity index (χ2n) is 7.53. The molecule has 0 N–H and O–H groups in total. The minimum atomic E-state index is 0.257. The van der Waals surface area contributed by atoms with Crippen molar-refractivity contribution in [2.75, 3.05) is 32.7 Å². The van der Waals surface area contributed by atoms with Gasteiger partial charge in [0.05, 0.1) is 6.54 Å². The molecule has 1 heterocycles. The Balaban J connectivity index is 1.81. The van der Waals surface area contributed by atoms with Gasteiger partial charge in [0, 0.05) is 44.8 Å². The molecule has 0 radical (unpaired) electrons. The number of aryl methyl sites for hydroxylation is 1. The van der Waals surface area contributed by atoms with Crippen molar-refractivity contribution >= 4 is 5.91 Å². The van der Waals surface area contributed by atoms with Crippen LogP contribution in [-0.2, 0) is 11.3 Å². The Morgan fingerprint density at radius 3 is 2.17 bits per heavy atom. The highest BCUT2D eigenvalue weighted by Gasteiger charge is 2.24. The zero-order valence-electron chi connectivity index (χ0n) is 16.0. The molecule has 1 aromatic carbocycles. The minimum Gasteiger partial charge on any atom is -0.337 e. The van der Waals surface area contributed by atoms with E-state index in [2.05, 4.69) is 68.7 Å². The normalized spacial score (nSPS) is 16.8. The summed E-state index contributed by atoms with van der Waals surface area (Å²) in [4.78, 5) is 19.4. The summed E-state index contributed by atoms with van der Waals surface area (Å²) in [6.07, 6.45) is 0. The zero-order chi connectivity index (χ0) is 17.7. The van der Waals surface area contributed by atoms with E-state index in [9.17, 15) is 4.79 Å². The second kappa shape index (κ2) is 8.63. The molecule has 1 saturated heterocycles. The number of carbonyl (C=O) groups excluding carboxylic acids is 1. The molecule has 4 nitrogen and oxygen atoms in total. The smallest absolute Gasteiger partial charge is 0.237 e. The number of carbonyl (C=O) groups is 1. The molecule has 0 unspecified atom stereocenters. The molecule has 0 spiro atoms. The van der Waals surface area contributed by atoms with Crippen LogP contribution in [-0.4, -0.2) is 65.4 Å². The lowest BCUT2D eigenvalue weighted by Gasteiger charge is -2.37. The first kappa shape index (κ1) is 18.9. The first-order valence-corrected chi connectivity index (χ1v) is 9.18. The van der Waals surface area contributed by atoms with Crippen molar-refractivity contribution in [1.82, 2.24) is 14.7 Å². The van der Waals surface area contributed by atoms with Crippen LogP contribution in [0.5, 0.6) is 0 Å². The maximum absolute atomic E-state index is 12.6. The van der Waals surface area contributed by atoms with Gasteiger partial charge in [-0.25, -0.2) is 0 Å². The molecule has 0 aliphatic carbocycles. The molecule has 1 fully saturated rings. The van der Waals surface area contributed by atoms with Gasteiger partial charge in [0.2, 0.25) is 5.91 Å². The average molecular weight is 332 g/mol. The third-order valence-electron chi connectivity index (χ3n) is 4.71. The molecule has 0 saturated carbocycles. The third-order valence-corrected chi connectivity index (χ3v) is 4.71. The van der Waals surface area contributed by atoms with E-state index in [0.717, 1.165) is 32.7 Å². The van der Waals surface area contributed by atoms with E-state index in [1.54, 1.807) is 0 Å². The van der Waals surface area contributed by atoms with Crippen LogP contribution < -0.4 is 0 Å². The minimum absolute atomic E-state index is 0.257. The van der Waals surface area contributed by atoms with Crippen molar-refractivity contribution in [2.24, 2.45) is 0 Å². The van der Waals surface area contributed by atoms with Crippen molar-refractivity contribution in [3.63, 3.8) is 0 Å². The third kappa shape index (κ3) is 5.32. The molecule has 4 heteroatoms. The van der Waals surface area contributed by atoms with Crippen molar-refractivity contribution < 1.29 is 4.79 Å². The zero-order valence-corrected chi connectivity index (χ0v) is 16.0. The molecule has 1 amide bonds. The van der Waals surface area contributed by atoms with Gasteiger partial charge in [-0.2, -0.15) is 0 Å². The van der Waals surface area contributed by atoms with Gasteiger partial charge in [-0.15, -0.1) is 0 Å². The van der Waals surface area contributed by atoms with Gasteiger partial charge < -0.3 is 4.90 Å². The highest BCUT2D eigenvalue weighted by Crippen LogP contribution is 2.12. The summed E-state index contributed by atoms with van der Waals surface area (Å²) in [6.45, 7) is 16.1. The van der Waals surface area contributed by atoms with Crippen molar-refractivity contribution in [1.29, 1.82) is 0 Å². The first-order valence-electron chi connectivity index (χ1n) is 9.18. The quantitative estimate of drug-likeness (QED) is 0.802. The van der Waals surface area contributed by atoms with E-state index in [4.69, 9.17) is 0 Å². The van der Waals surface area contributed by atoms with Gasteiger partial charge in [0.15, 0.2) is 0 Å². The van der Waals surface area contributed by atoms with E-state index >= 15 is 0 Å². The second-order valence-corrected chi connectivity index (χ2v) is 7.53. The summed E-state index contributed by atoms with van der Waals surface area (Å²) in [5.74, 6) is 0.257. The van der Waals surface area contributed by atoms with Crippen LogP contribution in [0.1, 0.15) is 38.8 Å². The Hall–Kier alpha value is -1.39.